The van der Waals surface area contributed by atoms with Crippen molar-refractivity contribution in [3.8, 4) is 5.75 Å². The number of hydrogen-bond acceptors (Lipinski definition) is 4. The first-order valence-electron chi connectivity index (χ1n) is 4.99. The van der Waals surface area contributed by atoms with Crippen molar-refractivity contribution in [1.29, 1.82) is 0 Å². The minimum atomic E-state index is -5.64. The van der Waals surface area contributed by atoms with Crippen LogP contribution in [0.3, 0.4) is 0 Å². The van der Waals surface area contributed by atoms with Crippen LogP contribution in [0.5, 0.6) is 5.75 Å². The van der Waals surface area contributed by atoms with Gasteiger partial charge in [0.15, 0.2) is 11.6 Å². The molecule has 0 aliphatic carbocycles. The number of hydrogen-bond donors (Lipinski definition) is 0. The fraction of sp³-hybridized carbons (Fsp3) is 0.333. The molecule has 0 bridgehead atoms. The molecule has 0 fully saturated rings. The molecule has 0 aliphatic rings. The highest BCUT2D eigenvalue weighted by Crippen LogP contribution is 2.52. The molecule has 1 rings (SSSR count). The Morgan fingerprint density at radius 2 is 1.71 bits per heavy atom. The second-order valence-corrected chi connectivity index (χ2v) is 4.82. The third-order valence-corrected chi connectivity index (χ3v) is 2.98. The van der Waals surface area contributed by atoms with Crippen LogP contribution in [0.15, 0.2) is 18.2 Å². The molecule has 1 aromatic carbocycles. The summed E-state index contributed by atoms with van der Waals surface area (Å²) in [7, 11) is -5.64. The quantitative estimate of drug-likeness (QED) is 0.548. The third-order valence-electron chi connectivity index (χ3n) is 1.93. The van der Waals surface area contributed by atoms with Gasteiger partial charge in [0.1, 0.15) is 0 Å². The van der Waals surface area contributed by atoms with Crippen molar-refractivity contribution in [1.82, 2.24) is 0 Å². The van der Waals surface area contributed by atoms with E-state index in [-0.39, 0.29) is 0 Å². The molecule has 3 unspecified atom stereocenters. The van der Waals surface area contributed by atoms with Gasteiger partial charge < -0.3 is 4.52 Å². The monoisotopic (exact) mass is 342 g/mol. The van der Waals surface area contributed by atoms with Gasteiger partial charge in [0.2, 0.25) is 18.3 Å². The molecular formula is C9H6F7O4P. The van der Waals surface area contributed by atoms with Crippen LogP contribution in [0, 0.1) is 11.6 Å². The van der Waals surface area contributed by atoms with Gasteiger partial charge in [-0.1, -0.05) is 10.8 Å². The molecule has 0 spiro atoms. The summed E-state index contributed by atoms with van der Waals surface area (Å²) in [6.45, 7) is 0. The lowest BCUT2D eigenvalue weighted by Crippen LogP contribution is -2.27. The van der Waals surface area contributed by atoms with Crippen molar-refractivity contribution in [2.24, 2.45) is 0 Å². The van der Waals surface area contributed by atoms with Crippen LogP contribution >= 0.6 is 7.82 Å². The highest BCUT2D eigenvalue weighted by molar-refractivity contribution is 7.48. The molecule has 0 saturated heterocycles. The van der Waals surface area contributed by atoms with E-state index in [9.17, 15) is 35.4 Å². The summed E-state index contributed by atoms with van der Waals surface area (Å²) in [6.07, 6.45) is -11.1. The number of phosphoric ester groups is 1. The number of halogens is 7. The molecule has 1 aromatic rings. The first kappa shape index (κ1) is 17.7. The SMILES string of the molecule is O=P(OF)(Oc1cccc(F)c1F)OC(F)C(F)C(F)F. The molecule has 12 heteroatoms. The Labute approximate surface area is 112 Å². The van der Waals surface area contributed by atoms with Crippen molar-refractivity contribution >= 4 is 7.82 Å². The summed E-state index contributed by atoms with van der Waals surface area (Å²) in [6, 6.07) is 2.07. The minimum absolute atomic E-state index is 0.608. The zero-order valence-electron chi connectivity index (χ0n) is 9.69. The van der Waals surface area contributed by atoms with Gasteiger partial charge in [-0.25, -0.2) is 31.0 Å². The maximum atomic E-state index is 13.2. The van der Waals surface area contributed by atoms with Crippen molar-refractivity contribution in [3.63, 3.8) is 0 Å². The lowest BCUT2D eigenvalue weighted by Gasteiger charge is -2.18. The molecule has 4 nitrogen and oxygen atoms in total. The summed E-state index contributed by atoms with van der Waals surface area (Å²) >= 11 is 0. The van der Waals surface area contributed by atoms with Gasteiger partial charge in [-0.15, -0.1) is 0 Å². The molecule has 120 valence electrons. The van der Waals surface area contributed by atoms with Crippen LogP contribution in [0.4, 0.5) is 30.9 Å². The van der Waals surface area contributed by atoms with Gasteiger partial charge in [0, 0.05) is 0 Å². The van der Waals surface area contributed by atoms with E-state index in [0.717, 1.165) is 6.07 Å². The van der Waals surface area contributed by atoms with Crippen LogP contribution in [0.1, 0.15) is 0 Å². The highest BCUT2D eigenvalue weighted by atomic mass is 31.2. The van der Waals surface area contributed by atoms with E-state index in [2.05, 4.69) is 13.8 Å². The predicted octanol–water partition coefficient (Wildman–Crippen LogP) is 4.27. The molecule has 21 heavy (non-hydrogen) atoms. The summed E-state index contributed by atoms with van der Waals surface area (Å²) in [4.78, 5) is 0. The number of rotatable bonds is 7. The van der Waals surface area contributed by atoms with Crippen LogP contribution in [-0.4, -0.2) is 19.0 Å². The van der Waals surface area contributed by atoms with Gasteiger partial charge in [0.05, 0.1) is 0 Å². The van der Waals surface area contributed by atoms with Crippen molar-refractivity contribution in [2.45, 2.75) is 19.0 Å². The van der Waals surface area contributed by atoms with E-state index in [1.54, 1.807) is 0 Å². The lowest BCUT2D eigenvalue weighted by molar-refractivity contribution is -0.112. The summed E-state index contributed by atoms with van der Waals surface area (Å²) in [5.74, 6) is -4.50. The first-order valence-corrected chi connectivity index (χ1v) is 6.45. The zero-order chi connectivity index (χ0) is 16.2. The second-order valence-electron chi connectivity index (χ2n) is 3.39. The third kappa shape index (κ3) is 4.58. The van der Waals surface area contributed by atoms with E-state index < -0.39 is 44.2 Å². The summed E-state index contributed by atoms with van der Waals surface area (Å²) in [5.41, 5.74) is 0. The Balaban J connectivity index is 2.90. The topological polar surface area (TPSA) is 44.8 Å². The van der Waals surface area contributed by atoms with E-state index in [4.69, 9.17) is 0 Å². The van der Waals surface area contributed by atoms with Crippen molar-refractivity contribution < 1.29 is 49.2 Å². The standard InChI is InChI=1S/C9H6F7O4P/c10-4-2-1-3-5(6(4)11)18-21(17,20-16)19-9(15)7(12)8(13)14/h1-3,7-9H. The molecule has 3 atom stereocenters. The van der Waals surface area contributed by atoms with E-state index in [1.165, 1.54) is 0 Å². The smallest absolute Gasteiger partial charge is 0.399 e. The number of phosphoric acid groups is 1. The Hall–Kier alpha value is -1.32. The molecule has 0 N–H and O–H groups in total. The van der Waals surface area contributed by atoms with E-state index >= 15 is 0 Å². The van der Waals surface area contributed by atoms with Gasteiger partial charge in [-0.05, 0) is 16.7 Å². The fourth-order valence-corrected chi connectivity index (χ4v) is 1.87. The van der Waals surface area contributed by atoms with Gasteiger partial charge in [-0.3, -0.25) is 0 Å². The van der Waals surface area contributed by atoms with Gasteiger partial charge in [-0.2, -0.15) is 4.39 Å². The summed E-state index contributed by atoms with van der Waals surface area (Å²) in [5, 5.41) is 0. The maximum Gasteiger partial charge on any atom is 0.564 e. The van der Waals surface area contributed by atoms with Gasteiger partial charge >= 0.3 is 7.82 Å². The Morgan fingerprint density at radius 1 is 1.10 bits per heavy atom. The molecule has 0 amide bonds. The molecule has 0 saturated carbocycles. The number of benzene rings is 1. The Morgan fingerprint density at radius 3 is 2.24 bits per heavy atom. The van der Waals surface area contributed by atoms with Crippen LogP contribution in [0.25, 0.3) is 0 Å². The Kier molecular flexibility index (Phi) is 5.99. The fourth-order valence-electron chi connectivity index (χ4n) is 1.02. The van der Waals surface area contributed by atoms with Crippen molar-refractivity contribution in [3.05, 3.63) is 29.8 Å². The highest BCUT2D eigenvalue weighted by Gasteiger charge is 2.41. The predicted molar refractivity (Wildman–Crippen MR) is 53.7 cm³/mol. The normalized spacial score (nSPS) is 17.3. The van der Waals surface area contributed by atoms with Gasteiger partial charge in [0.25, 0.3) is 6.43 Å². The first-order chi connectivity index (χ1) is 9.70. The van der Waals surface area contributed by atoms with Crippen LogP contribution in [-0.2, 0) is 13.8 Å². The second kappa shape index (κ2) is 7.10. The lowest BCUT2D eigenvalue weighted by atomic mass is 10.3. The zero-order valence-corrected chi connectivity index (χ0v) is 10.6. The minimum Gasteiger partial charge on any atom is -0.399 e. The summed E-state index contributed by atoms with van der Waals surface area (Å²) < 4.78 is 108. The van der Waals surface area contributed by atoms with E-state index in [1.807, 2.05) is 0 Å². The molecular weight excluding hydrogens is 336 g/mol. The largest absolute Gasteiger partial charge is 0.564 e. The van der Waals surface area contributed by atoms with Crippen LogP contribution < -0.4 is 4.52 Å². The average Bonchev–Trinajstić information content (AvgIpc) is 2.42. The molecule has 0 aliphatic heterocycles. The average molecular weight is 342 g/mol. The molecule has 0 aromatic heterocycles. The van der Waals surface area contributed by atoms with E-state index in [0.29, 0.717) is 12.1 Å². The molecule has 0 radical (unpaired) electrons. The van der Waals surface area contributed by atoms with Crippen molar-refractivity contribution in [2.75, 3.05) is 0 Å². The molecule has 0 heterocycles. The Bertz CT molecular complexity index is 529. The number of alkyl halides is 4. The maximum absolute atomic E-state index is 13.2. The van der Waals surface area contributed by atoms with Crippen LogP contribution in [0.2, 0.25) is 0 Å².